The van der Waals surface area contributed by atoms with Crippen LogP contribution in [0.1, 0.15) is 54.5 Å². The van der Waals surface area contributed by atoms with Gasteiger partial charge in [0, 0.05) is 67.8 Å². The van der Waals surface area contributed by atoms with Crippen LogP contribution in [0.5, 0.6) is 0 Å². The first-order chi connectivity index (χ1) is 38.8. The Hall–Kier alpha value is -9.86. The molecule has 28 nitrogen and oxygen atoms in total. The van der Waals surface area contributed by atoms with Crippen molar-refractivity contribution < 1.29 is 53.4 Å². The molecule has 5 rings (SSSR count). The van der Waals surface area contributed by atoms with Gasteiger partial charge in [0.2, 0.25) is 41.4 Å². The molecule has 0 unspecified atom stereocenters. The largest absolute Gasteiger partial charge is 0.481 e. The van der Waals surface area contributed by atoms with E-state index in [4.69, 9.17) is 28.7 Å². The number of aromatic nitrogens is 3. The average Bonchev–Trinajstić information content (AvgIpc) is 4.32. The van der Waals surface area contributed by atoms with E-state index in [0.717, 1.165) is 0 Å². The second-order valence-corrected chi connectivity index (χ2v) is 18.8. The summed E-state index contributed by atoms with van der Waals surface area (Å²) in [6.07, 6.45) is 2.99. The molecule has 0 saturated heterocycles. The normalized spacial score (nSPS) is 13.5. The van der Waals surface area contributed by atoms with Crippen molar-refractivity contribution in [3.8, 4) is 0 Å². The van der Waals surface area contributed by atoms with Crippen LogP contribution in [0.15, 0.2) is 114 Å². The molecule has 7 amide bonds. The van der Waals surface area contributed by atoms with E-state index >= 15 is 0 Å². The molecule has 3 aromatic carbocycles. The number of aromatic amines is 2. The number of imidazole rings is 1. The second-order valence-electron chi connectivity index (χ2n) is 18.8. The minimum absolute atomic E-state index is 0.0127. The van der Waals surface area contributed by atoms with Crippen molar-refractivity contribution in [1.82, 2.24) is 52.2 Å². The maximum atomic E-state index is 14.7. The minimum Gasteiger partial charge on any atom is -0.481 e. The number of benzene rings is 3. The summed E-state index contributed by atoms with van der Waals surface area (Å²) in [4.78, 5) is 141. The highest BCUT2D eigenvalue weighted by molar-refractivity contribution is 5.99. The van der Waals surface area contributed by atoms with Gasteiger partial charge in [0.15, 0.2) is 11.9 Å². The quantitative estimate of drug-likeness (QED) is 0.0114. The molecule has 0 spiro atoms. The Morgan fingerprint density at radius 3 is 1.48 bits per heavy atom. The van der Waals surface area contributed by atoms with Gasteiger partial charge in [-0.15, -0.1) is 0 Å². The smallest absolute Gasteiger partial charge is 0.322 e. The van der Waals surface area contributed by atoms with E-state index < -0.39 is 109 Å². The third-order valence-electron chi connectivity index (χ3n) is 12.5. The molecule has 0 saturated carbocycles. The van der Waals surface area contributed by atoms with Gasteiger partial charge in [-0.05, 0) is 48.4 Å². The van der Waals surface area contributed by atoms with Gasteiger partial charge >= 0.3 is 11.9 Å². The number of H-pyrrole nitrogens is 2. The number of aliphatic carboxylic acids is 2. The molecule has 2 aromatic heterocycles. The Kier molecular flexibility index (Phi) is 24.1. The lowest BCUT2D eigenvalue weighted by Gasteiger charge is -2.27. The van der Waals surface area contributed by atoms with Crippen LogP contribution in [0.4, 0.5) is 0 Å². The lowest BCUT2D eigenvalue weighted by molar-refractivity contribution is -0.141. The maximum absolute atomic E-state index is 14.7. The molecule has 0 aliphatic carbocycles. The summed E-state index contributed by atoms with van der Waals surface area (Å²) in [6, 6.07) is 13.9. The summed E-state index contributed by atoms with van der Waals surface area (Å²) < 4.78 is 0. The number of nitrogens with one attached hydrogen (secondary N) is 9. The lowest BCUT2D eigenvalue weighted by Crippen LogP contribution is -2.60. The molecular formula is C53H69N17O11. The molecule has 21 N–H and O–H groups in total. The van der Waals surface area contributed by atoms with Gasteiger partial charge in [-0.3, -0.25) is 53.1 Å². The number of nitrogens with two attached hydrogens (primary N) is 5. The number of nitrogens with zero attached hydrogens (tertiary/aromatic N) is 3. The van der Waals surface area contributed by atoms with Crippen molar-refractivity contribution in [3.05, 3.63) is 126 Å². The standard InChI is InChI=1S/C53H69N17O11/c54-35(24-33-27-59-29-64-33)45(75)67-40(22-31-13-5-2-6-14-31)49(79)65-38(18-10-20-61-53(57)58)48(78)69-41(23-32-26-62-36-16-8-7-15-34(32)36)50(80)70-42(25-43(71)72)51(81)66-37(17-9-19-60-52(55)56)47(77)68-39(46(76)63-28-44(73)74)21-30-11-3-1-4-12-30/h1-8,11-16,26-27,29,35,37-42,62H,9-10,17-25,28,54H2,(H,59,64)(H,63,76)(H,65,79)(H,66,81)(H,67,75)(H,68,77)(H,69,78)(H,70,80)(H,71,72)(H,73,74)(H4,55,56,60)(H4,57,58,61)/t35-,37-,38-,39-,40-,41-,42-/m0/s1. The maximum Gasteiger partial charge on any atom is 0.322 e. The number of carbonyl (C=O) groups is 9. The zero-order valence-electron chi connectivity index (χ0n) is 44.1. The predicted molar refractivity (Wildman–Crippen MR) is 297 cm³/mol. The van der Waals surface area contributed by atoms with Gasteiger partial charge < -0.3 is 86.1 Å². The fraction of sp³-hybridized carbons (Fsp3) is 0.358. The Morgan fingerprint density at radius 1 is 0.519 bits per heavy atom. The first-order valence-corrected chi connectivity index (χ1v) is 25.8. The average molecular weight is 1120 g/mol. The number of carboxylic acid groups (broad SMARTS) is 2. The van der Waals surface area contributed by atoms with Crippen LogP contribution >= 0.6 is 0 Å². The molecule has 5 aromatic rings. The van der Waals surface area contributed by atoms with Crippen LogP contribution in [0.3, 0.4) is 0 Å². The Balaban J connectivity index is 1.45. The van der Waals surface area contributed by atoms with Crippen LogP contribution in [0.2, 0.25) is 0 Å². The molecule has 81 heavy (non-hydrogen) atoms. The topological polar surface area (TPSA) is 478 Å². The van der Waals surface area contributed by atoms with Gasteiger partial charge in [-0.2, -0.15) is 0 Å². The van der Waals surface area contributed by atoms with Crippen molar-refractivity contribution in [2.24, 2.45) is 38.7 Å². The van der Waals surface area contributed by atoms with Gasteiger partial charge in [0.25, 0.3) is 0 Å². The van der Waals surface area contributed by atoms with Crippen molar-refractivity contribution in [1.29, 1.82) is 0 Å². The fourth-order valence-corrected chi connectivity index (χ4v) is 8.43. The monoisotopic (exact) mass is 1120 g/mol. The SMILES string of the molecule is NC(N)=NCCC[C@H](NC(=O)[C@H](CC(=O)O)NC(=O)[C@H](Cc1c[nH]c2ccccc12)NC(=O)[C@H](CCCN=C(N)N)NC(=O)[C@H](Cc1ccccc1)NC(=O)[C@@H](N)Cc1cnc[nH]1)C(=O)N[C@@H](Cc1ccccc1)C(=O)NCC(=O)O. The van der Waals surface area contributed by atoms with Crippen LogP contribution in [-0.2, 0) is 68.8 Å². The molecule has 7 atom stereocenters. The molecule has 0 fully saturated rings. The summed E-state index contributed by atoms with van der Waals surface area (Å²) >= 11 is 0. The summed E-state index contributed by atoms with van der Waals surface area (Å²) in [5.74, 6) is -9.85. The number of amides is 7. The third kappa shape index (κ3) is 21.1. The molecule has 28 heteroatoms. The number of hydrogen-bond donors (Lipinski definition) is 16. The summed E-state index contributed by atoms with van der Waals surface area (Å²) in [7, 11) is 0. The molecule has 0 aliphatic rings. The Bertz CT molecular complexity index is 2980. The summed E-state index contributed by atoms with van der Waals surface area (Å²) in [5, 5.41) is 37.8. The van der Waals surface area contributed by atoms with Crippen LogP contribution in [0, 0.1) is 0 Å². The second kappa shape index (κ2) is 31.5. The Morgan fingerprint density at radius 2 is 0.975 bits per heavy atom. The number of rotatable bonds is 33. The molecule has 0 aliphatic heterocycles. The van der Waals surface area contributed by atoms with Crippen molar-refractivity contribution >= 4 is 76.1 Å². The Labute approximate surface area is 464 Å². The number of hydrogen-bond acceptors (Lipinski definition) is 13. The van der Waals surface area contributed by atoms with E-state index in [1.165, 1.54) is 12.5 Å². The van der Waals surface area contributed by atoms with Crippen molar-refractivity contribution in [2.45, 2.75) is 100 Å². The van der Waals surface area contributed by atoms with E-state index in [2.05, 4.69) is 62.2 Å². The van der Waals surface area contributed by atoms with E-state index in [1.54, 1.807) is 91.1 Å². The highest BCUT2D eigenvalue weighted by Crippen LogP contribution is 2.20. The van der Waals surface area contributed by atoms with E-state index in [1.807, 2.05) is 0 Å². The van der Waals surface area contributed by atoms with E-state index in [0.29, 0.717) is 33.3 Å². The molecule has 0 radical (unpaired) electrons. The first kappa shape index (κ1) is 62.0. The van der Waals surface area contributed by atoms with Gasteiger partial charge in [-0.25, -0.2) is 4.98 Å². The van der Waals surface area contributed by atoms with Crippen LogP contribution in [-0.4, -0.2) is 152 Å². The number of carbonyl (C=O) groups excluding carboxylic acids is 7. The highest BCUT2D eigenvalue weighted by Gasteiger charge is 2.35. The minimum atomic E-state index is -1.92. The lowest BCUT2D eigenvalue weighted by atomic mass is 10.0. The zero-order valence-corrected chi connectivity index (χ0v) is 44.1. The molecule has 2 heterocycles. The zero-order chi connectivity index (χ0) is 58.8. The van der Waals surface area contributed by atoms with Crippen molar-refractivity contribution in [3.63, 3.8) is 0 Å². The van der Waals surface area contributed by atoms with Crippen molar-refractivity contribution in [2.75, 3.05) is 19.6 Å². The van der Waals surface area contributed by atoms with Gasteiger partial charge in [0.05, 0.1) is 18.8 Å². The third-order valence-corrected chi connectivity index (χ3v) is 12.5. The molecular weight excluding hydrogens is 1050 g/mol. The number of guanidine groups is 2. The van der Waals surface area contributed by atoms with Gasteiger partial charge in [0.1, 0.15) is 42.8 Å². The number of para-hydroxylation sites is 1. The molecule has 432 valence electrons. The number of aliphatic imine (C=N–C) groups is 2. The van der Waals surface area contributed by atoms with E-state index in [9.17, 15) is 53.4 Å². The first-order valence-electron chi connectivity index (χ1n) is 25.8. The van der Waals surface area contributed by atoms with Gasteiger partial charge in [-0.1, -0.05) is 78.9 Å². The predicted octanol–water partition coefficient (Wildman–Crippen LogP) is -2.82. The van der Waals surface area contributed by atoms with Crippen LogP contribution < -0.4 is 65.9 Å². The molecule has 0 bridgehead atoms. The summed E-state index contributed by atoms with van der Waals surface area (Å²) in [6.45, 7) is -0.791. The highest BCUT2D eigenvalue weighted by atomic mass is 16.4. The number of fused-ring (bicyclic) bond motifs is 1. The van der Waals surface area contributed by atoms with E-state index in [-0.39, 0.29) is 76.4 Å². The fourth-order valence-electron chi connectivity index (χ4n) is 8.43. The van der Waals surface area contributed by atoms with Crippen LogP contribution in [0.25, 0.3) is 10.9 Å². The summed E-state index contributed by atoms with van der Waals surface area (Å²) in [5.41, 5.74) is 31.4. The number of carboxylic acids is 2.